The van der Waals surface area contributed by atoms with Crippen LogP contribution in [0.2, 0.25) is 5.02 Å². The molecule has 2 aromatic heterocycles. The summed E-state index contributed by atoms with van der Waals surface area (Å²) >= 11 is 6.04. The molecular weight excluding hydrogens is 498 g/mol. The Kier molecular flexibility index (Phi) is 6.45. The average Bonchev–Trinajstić information content (AvgIpc) is 2.89. The van der Waals surface area contributed by atoms with Crippen molar-refractivity contribution in [3.8, 4) is 17.1 Å². The van der Waals surface area contributed by atoms with Crippen molar-refractivity contribution in [3.05, 3.63) is 108 Å². The summed E-state index contributed by atoms with van der Waals surface area (Å²) in [6.45, 7) is 0. The van der Waals surface area contributed by atoms with Gasteiger partial charge in [0.15, 0.2) is 0 Å². The molecule has 0 saturated heterocycles. The van der Waals surface area contributed by atoms with Crippen LogP contribution in [-0.2, 0) is 10.0 Å². The van der Waals surface area contributed by atoms with E-state index in [0.717, 1.165) is 10.9 Å². The first-order valence-electron chi connectivity index (χ1n) is 10.9. The standard InChI is InChI=1S/C27H20ClN3O4S/c1-34-21-11-14-25-23(16-21)24(17-26(35-25)18-5-7-19(28)8-6-18)30-20-9-12-22(13-10-20)36(32,33)31-27-4-2-3-15-29-27/h2-17H,1H3,(H,29,31). The second-order valence-corrected chi connectivity index (χ2v) is 9.91. The number of nitrogens with one attached hydrogen (secondary N) is 1. The van der Waals surface area contributed by atoms with Gasteiger partial charge in [-0.3, -0.25) is 4.72 Å². The summed E-state index contributed by atoms with van der Waals surface area (Å²) in [6, 6.07) is 25.9. The van der Waals surface area contributed by atoms with Crippen LogP contribution in [0.3, 0.4) is 0 Å². The van der Waals surface area contributed by atoms with Crippen LogP contribution >= 0.6 is 11.6 Å². The van der Waals surface area contributed by atoms with Crippen LogP contribution in [0, 0.1) is 0 Å². The largest absolute Gasteiger partial charge is 0.497 e. The third-order valence-corrected chi connectivity index (χ3v) is 7.00. The highest BCUT2D eigenvalue weighted by Gasteiger charge is 2.14. The summed E-state index contributed by atoms with van der Waals surface area (Å²) < 4.78 is 39.4. The Bertz CT molecular complexity index is 1700. The van der Waals surface area contributed by atoms with Gasteiger partial charge in [0.05, 0.1) is 23.0 Å². The van der Waals surface area contributed by atoms with E-state index in [4.69, 9.17) is 25.7 Å². The smallest absolute Gasteiger partial charge is 0.263 e. The van der Waals surface area contributed by atoms with Gasteiger partial charge in [0.1, 0.15) is 22.9 Å². The molecule has 180 valence electrons. The number of nitrogens with zero attached hydrogens (tertiary/aromatic N) is 2. The quantitative estimate of drug-likeness (QED) is 0.290. The SMILES string of the molecule is COc1ccc2oc(-c3ccc(Cl)cc3)cc(=Nc3ccc(S(=O)(=O)Nc4ccccn4)cc3)c2c1. The Morgan fingerprint density at radius 2 is 1.72 bits per heavy atom. The lowest BCUT2D eigenvalue weighted by Crippen LogP contribution is -2.13. The molecule has 0 aliphatic carbocycles. The zero-order valence-electron chi connectivity index (χ0n) is 19.1. The van der Waals surface area contributed by atoms with Crippen LogP contribution in [0.4, 0.5) is 11.5 Å². The molecule has 5 rings (SSSR count). The Hall–Kier alpha value is -4.14. The third-order valence-electron chi connectivity index (χ3n) is 5.38. The lowest BCUT2D eigenvalue weighted by atomic mass is 10.1. The number of sulfonamides is 1. The van der Waals surface area contributed by atoms with E-state index < -0.39 is 10.0 Å². The number of methoxy groups -OCH3 is 1. The number of aromatic nitrogens is 1. The number of fused-ring (bicyclic) bond motifs is 1. The van der Waals surface area contributed by atoms with Gasteiger partial charge in [-0.05, 0) is 78.9 Å². The van der Waals surface area contributed by atoms with Crippen molar-refractivity contribution < 1.29 is 17.6 Å². The molecule has 0 unspecified atom stereocenters. The maximum absolute atomic E-state index is 12.7. The molecule has 0 spiro atoms. The zero-order valence-corrected chi connectivity index (χ0v) is 20.6. The van der Waals surface area contributed by atoms with Crippen molar-refractivity contribution in [2.45, 2.75) is 4.90 Å². The fourth-order valence-electron chi connectivity index (χ4n) is 3.58. The fraction of sp³-hybridized carbons (Fsp3) is 0.0370. The number of halogens is 1. The third kappa shape index (κ3) is 5.10. The van der Waals surface area contributed by atoms with E-state index in [2.05, 4.69) is 9.71 Å². The molecular formula is C27H20ClN3O4S. The average molecular weight is 518 g/mol. The topological polar surface area (TPSA) is 93.8 Å². The summed E-state index contributed by atoms with van der Waals surface area (Å²) in [4.78, 5) is 8.90. The minimum atomic E-state index is -3.79. The van der Waals surface area contributed by atoms with Crippen molar-refractivity contribution in [2.75, 3.05) is 11.8 Å². The second-order valence-electron chi connectivity index (χ2n) is 7.79. The van der Waals surface area contributed by atoms with Crippen LogP contribution in [0.15, 0.2) is 111 Å². The van der Waals surface area contributed by atoms with Crippen molar-refractivity contribution in [1.29, 1.82) is 0 Å². The number of hydrogen-bond acceptors (Lipinski definition) is 6. The van der Waals surface area contributed by atoms with Crippen LogP contribution in [-0.4, -0.2) is 20.5 Å². The van der Waals surface area contributed by atoms with Gasteiger partial charge in [-0.15, -0.1) is 0 Å². The number of hydrogen-bond donors (Lipinski definition) is 1. The van der Waals surface area contributed by atoms with E-state index in [1.54, 1.807) is 49.6 Å². The summed E-state index contributed by atoms with van der Waals surface area (Å²) in [5, 5.41) is 2.02. The zero-order chi connectivity index (χ0) is 25.1. The first-order valence-corrected chi connectivity index (χ1v) is 12.7. The summed E-state index contributed by atoms with van der Waals surface area (Å²) in [6.07, 6.45) is 1.52. The molecule has 2 heterocycles. The highest BCUT2D eigenvalue weighted by atomic mass is 35.5. The molecule has 0 atom stereocenters. The first kappa shape index (κ1) is 23.6. The van der Waals surface area contributed by atoms with Gasteiger partial charge in [0.2, 0.25) is 0 Å². The maximum Gasteiger partial charge on any atom is 0.263 e. The molecule has 5 aromatic rings. The van der Waals surface area contributed by atoms with E-state index in [0.29, 0.717) is 33.2 Å². The molecule has 0 bridgehead atoms. The predicted octanol–water partition coefficient (Wildman–Crippen LogP) is 6.19. The molecule has 7 nitrogen and oxygen atoms in total. The fourth-order valence-corrected chi connectivity index (χ4v) is 4.72. The second kappa shape index (κ2) is 9.85. The molecule has 0 fully saturated rings. The van der Waals surface area contributed by atoms with Crippen molar-refractivity contribution in [1.82, 2.24) is 4.98 Å². The molecule has 36 heavy (non-hydrogen) atoms. The maximum atomic E-state index is 12.7. The monoisotopic (exact) mass is 517 g/mol. The Balaban J connectivity index is 1.57. The van der Waals surface area contributed by atoms with Crippen molar-refractivity contribution in [2.24, 2.45) is 4.99 Å². The van der Waals surface area contributed by atoms with Gasteiger partial charge < -0.3 is 9.15 Å². The molecule has 1 N–H and O–H groups in total. The van der Waals surface area contributed by atoms with E-state index in [-0.39, 0.29) is 10.7 Å². The Labute approximate surface area is 212 Å². The summed E-state index contributed by atoms with van der Waals surface area (Å²) in [5.74, 6) is 1.52. The number of pyridine rings is 1. The lowest BCUT2D eigenvalue weighted by Gasteiger charge is -2.08. The van der Waals surface area contributed by atoms with Gasteiger partial charge in [-0.2, -0.15) is 0 Å². The van der Waals surface area contributed by atoms with Crippen LogP contribution in [0.25, 0.3) is 22.3 Å². The predicted molar refractivity (Wildman–Crippen MR) is 140 cm³/mol. The Morgan fingerprint density at radius 1 is 0.944 bits per heavy atom. The van der Waals surface area contributed by atoms with Gasteiger partial charge in [-0.25, -0.2) is 18.4 Å². The molecule has 0 amide bonds. The molecule has 0 saturated carbocycles. The van der Waals surface area contributed by atoms with Crippen LogP contribution < -0.4 is 14.8 Å². The molecule has 9 heteroatoms. The van der Waals surface area contributed by atoms with Crippen molar-refractivity contribution in [3.63, 3.8) is 0 Å². The molecule has 3 aromatic carbocycles. The van der Waals surface area contributed by atoms with Crippen LogP contribution in [0.1, 0.15) is 0 Å². The number of anilines is 1. The number of ether oxygens (including phenoxy) is 1. The molecule has 0 aliphatic heterocycles. The Morgan fingerprint density at radius 3 is 2.42 bits per heavy atom. The minimum Gasteiger partial charge on any atom is -0.497 e. The van der Waals surface area contributed by atoms with Gasteiger partial charge in [0.25, 0.3) is 10.0 Å². The normalized spacial score (nSPS) is 12.0. The highest BCUT2D eigenvalue weighted by Crippen LogP contribution is 2.26. The molecule has 0 aliphatic rings. The van der Waals surface area contributed by atoms with Gasteiger partial charge in [-0.1, -0.05) is 17.7 Å². The first-order chi connectivity index (χ1) is 17.4. The van der Waals surface area contributed by atoms with Crippen molar-refractivity contribution >= 4 is 44.1 Å². The van der Waals surface area contributed by atoms with Crippen LogP contribution in [0.5, 0.6) is 5.75 Å². The number of rotatable bonds is 6. The van der Waals surface area contributed by atoms with E-state index in [9.17, 15) is 8.42 Å². The van der Waals surface area contributed by atoms with Gasteiger partial charge >= 0.3 is 0 Å². The van der Waals surface area contributed by atoms with Gasteiger partial charge in [0, 0.05) is 28.2 Å². The number of benzene rings is 3. The summed E-state index contributed by atoms with van der Waals surface area (Å²) in [7, 11) is -2.20. The van der Waals surface area contributed by atoms with E-state index in [1.165, 1.54) is 18.3 Å². The molecule has 0 radical (unpaired) electrons. The van der Waals surface area contributed by atoms with E-state index in [1.807, 2.05) is 36.4 Å². The lowest BCUT2D eigenvalue weighted by molar-refractivity contribution is 0.415. The highest BCUT2D eigenvalue weighted by molar-refractivity contribution is 7.92. The summed E-state index contributed by atoms with van der Waals surface area (Å²) in [5.41, 5.74) is 2.04. The van der Waals surface area contributed by atoms with E-state index >= 15 is 0 Å². The minimum absolute atomic E-state index is 0.101.